The molecule has 2 fully saturated rings. The summed E-state index contributed by atoms with van der Waals surface area (Å²) in [6.07, 6.45) is 6.00. The summed E-state index contributed by atoms with van der Waals surface area (Å²) in [7, 11) is 0. The Morgan fingerprint density at radius 1 is 1.11 bits per heavy atom. The highest BCUT2D eigenvalue weighted by Crippen LogP contribution is 2.33. The minimum atomic E-state index is -0.0494. The molecule has 1 saturated carbocycles. The third-order valence-corrected chi connectivity index (χ3v) is 5.90. The van der Waals surface area contributed by atoms with Crippen molar-refractivity contribution < 1.29 is 9.59 Å². The second kappa shape index (κ2) is 10.1. The van der Waals surface area contributed by atoms with E-state index in [9.17, 15) is 9.59 Å². The molecule has 1 heterocycles. The Balaban J connectivity index is 0.00000261. The molecule has 1 aliphatic carbocycles. The van der Waals surface area contributed by atoms with E-state index in [4.69, 9.17) is 0 Å². The fourth-order valence-electron chi connectivity index (χ4n) is 4.29. The highest BCUT2D eigenvalue weighted by atomic mass is 35.5. The first-order valence-corrected chi connectivity index (χ1v) is 10.0. The van der Waals surface area contributed by atoms with Crippen LogP contribution in [0.3, 0.4) is 0 Å². The average molecular weight is 394 g/mol. The molecule has 1 aromatic carbocycles. The molecule has 5 nitrogen and oxygen atoms in total. The molecular weight excluding hydrogens is 362 g/mol. The first-order valence-electron chi connectivity index (χ1n) is 10.0. The maximum absolute atomic E-state index is 12.5. The van der Waals surface area contributed by atoms with Crippen molar-refractivity contribution >= 4 is 24.2 Å². The van der Waals surface area contributed by atoms with Gasteiger partial charge in [0.25, 0.3) is 5.91 Å². The van der Waals surface area contributed by atoms with E-state index in [1.807, 2.05) is 43.0 Å². The van der Waals surface area contributed by atoms with Crippen LogP contribution in [0.2, 0.25) is 0 Å². The Kier molecular flexibility index (Phi) is 8.11. The van der Waals surface area contributed by atoms with Gasteiger partial charge in [-0.05, 0) is 56.7 Å². The lowest BCUT2D eigenvalue weighted by Gasteiger charge is -2.24. The molecule has 2 amide bonds. The van der Waals surface area contributed by atoms with E-state index in [1.54, 1.807) is 0 Å². The van der Waals surface area contributed by atoms with Gasteiger partial charge in [0.15, 0.2) is 0 Å². The van der Waals surface area contributed by atoms with E-state index in [1.165, 1.54) is 25.7 Å². The minimum absolute atomic E-state index is 0. The summed E-state index contributed by atoms with van der Waals surface area (Å²) in [5.74, 6) is 0.830. The summed E-state index contributed by atoms with van der Waals surface area (Å²) in [4.78, 5) is 26.6. The quantitative estimate of drug-likeness (QED) is 0.780. The Bertz CT molecular complexity index is 617. The highest BCUT2D eigenvalue weighted by molar-refractivity contribution is 5.94. The van der Waals surface area contributed by atoms with Gasteiger partial charge in [-0.1, -0.05) is 25.0 Å². The van der Waals surface area contributed by atoms with Crippen LogP contribution >= 0.6 is 12.4 Å². The number of amides is 2. The summed E-state index contributed by atoms with van der Waals surface area (Å²) in [6.45, 7) is 5.90. The lowest BCUT2D eigenvalue weighted by Crippen LogP contribution is -2.42. The third-order valence-electron chi connectivity index (χ3n) is 5.90. The van der Waals surface area contributed by atoms with Gasteiger partial charge in [-0.2, -0.15) is 0 Å². The van der Waals surface area contributed by atoms with Gasteiger partial charge in [-0.3, -0.25) is 9.59 Å². The molecule has 2 aliphatic rings. The van der Waals surface area contributed by atoms with E-state index in [0.717, 1.165) is 12.0 Å². The Labute approximate surface area is 168 Å². The van der Waals surface area contributed by atoms with Crippen LogP contribution in [0.15, 0.2) is 24.3 Å². The summed E-state index contributed by atoms with van der Waals surface area (Å²) < 4.78 is 0. The van der Waals surface area contributed by atoms with Crippen LogP contribution in [0.4, 0.5) is 0 Å². The number of hydrogen-bond donors (Lipinski definition) is 2. The number of nitrogens with zero attached hydrogens (tertiary/aromatic N) is 1. The van der Waals surface area contributed by atoms with Crippen molar-refractivity contribution in [1.82, 2.24) is 15.5 Å². The first kappa shape index (κ1) is 21.7. The van der Waals surface area contributed by atoms with Gasteiger partial charge in [0, 0.05) is 31.2 Å². The summed E-state index contributed by atoms with van der Waals surface area (Å²) in [5, 5.41) is 6.56. The van der Waals surface area contributed by atoms with Crippen molar-refractivity contribution in [3.8, 4) is 0 Å². The zero-order chi connectivity index (χ0) is 18.5. The van der Waals surface area contributed by atoms with Gasteiger partial charge < -0.3 is 15.5 Å². The fraction of sp³-hybridized carbons (Fsp3) is 0.619. The molecule has 3 rings (SSSR count). The molecular formula is C21H32ClN3O2. The van der Waals surface area contributed by atoms with Crippen LogP contribution < -0.4 is 10.6 Å². The van der Waals surface area contributed by atoms with E-state index in [0.29, 0.717) is 37.2 Å². The number of rotatable bonds is 6. The van der Waals surface area contributed by atoms with E-state index < -0.39 is 0 Å². The van der Waals surface area contributed by atoms with Crippen LogP contribution in [-0.4, -0.2) is 41.9 Å². The minimum Gasteiger partial charge on any atom is -0.351 e. The van der Waals surface area contributed by atoms with Crippen LogP contribution in [-0.2, 0) is 11.3 Å². The van der Waals surface area contributed by atoms with Crippen LogP contribution in [0.1, 0.15) is 61.9 Å². The SMILES string of the molecule is CCN(CC)C(=O)c1ccc(CNC(=O)C2CC3CCCCC3N2)cc1.Cl. The summed E-state index contributed by atoms with van der Waals surface area (Å²) >= 11 is 0. The molecule has 27 heavy (non-hydrogen) atoms. The van der Waals surface area contributed by atoms with E-state index in [2.05, 4.69) is 10.6 Å². The molecule has 0 radical (unpaired) electrons. The molecule has 3 atom stereocenters. The Morgan fingerprint density at radius 2 is 1.78 bits per heavy atom. The first-order chi connectivity index (χ1) is 12.6. The van der Waals surface area contributed by atoms with Crippen molar-refractivity contribution in [2.24, 2.45) is 5.92 Å². The van der Waals surface area contributed by atoms with Gasteiger partial charge in [0.1, 0.15) is 0 Å². The predicted molar refractivity (Wildman–Crippen MR) is 110 cm³/mol. The van der Waals surface area contributed by atoms with Crippen LogP contribution in [0, 0.1) is 5.92 Å². The van der Waals surface area contributed by atoms with Crippen molar-refractivity contribution in [2.75, 3.05) is 13.1 Å². The lowest BCUT2D eigenvalue weighted by molar-refractivity contribution is -0.123. The second-order valence-corrected chi connectivity index (χ2v) is 7.50. The zero-order valence-electron chi connectivity index (χ0n) is 16.4. The van der Waals surface area contributed by atoms with Crippen molar-refractivity contribution in [2.45, 2.75) is 64.6 Å². The van der Waals surface area contributed by atoms with Gasteiger partial charge in [0.05, 0.1) is 6.04 Å². The number of nitrogens with one attached hydrogen (secondary N) is 2. The van der Waals surface area contributed by atoms with Gasteiger partial charge in [-0.15, -0.1) is 12.4 Å². The zero-order valence-corrected chi connectivity index (χ0v) is 17.2. The lowest BCUT2D eigenvalue weighted by atomic mass is 9.85. The van der Waals surface area contributed by atoms with Gasteiger partial charge in [-0.25, -0.2) is 0 Å². The number of hydrogen-bond acceptors (Lipinski definition) is 3. The largest absolute Gasteiger partial charge is 0.351 e. The molecule has 0 bridgehead atoms. The number of carbonyl (C=O) groups excluding carboxylic acids is 2. The number of halogens is 1. The second-order valence-electron chi connectivity index (χ2n) is 7.50. The van der Waals surface area contributed by atoms with Gasteiger partial charge in [0.2, 0.25) is 5.91 Å². The third kappa shape index (κ3) is 5.23. The van der Waals surface area contributed by atoms with Crippen LogP contribution in [0.5, 0.6) is 0 Å². The molecule has 1 aliphatic heterocycles. The molecule has 6 heteroatoms. The number of carbonyl (C=O) groups is 2. The fourth-order valence-corrected chi connectivity index (χ4v) is 4.29. The Morgan fingerprint density at radius 3 is 2.41 bits per heavy atom. The van der Waals surface area contributed by atoms with Crippen LogP contribution in [0.25, 0.3) is 0 Å². The number of benzene rings is 1. The van der Waals surface area contributed by atoms with E-state index in [-0.39, 0.29) is 30.3 Å². The smallest absolute Gasteiger partial charge is 0.253 e. The molecule has 150 valence electrons. The normalized spacial score (nSPS) is 23.9. The maximum atomic E-state index is 12.5. The molecule has 1 saturated heterocycles. The predicted octanol–water partition coefficient (Wildman–Crippen LogP) is 3.13. The average Bonchev–Trinajstić information content (AvgIpc) is 3.11. The highest BCUT2D eigenvalue weighted by Gasteiger charge is 2.37. The maximum Gasteiger partial charge on any atom is 0.253 e. The van der Waals surface area contributed by atoms with Gasteiger partial charge >= 0.3 is 0 Å². The Hall–Kier alpha value is -1.59. The summed E-state index contributed by atoms with van der Waals surface area (Å²) in [5.41, 5.74) is 1.72. The van der Waals surface area contributed by atoms with Crippen molar-refractivity contribution in [3.05, 3.63) is 35.4 Å². The molecule has 0 aromatic heterocycles. The van der Waals surface area contributed by atoms with Crippen molar-refractivity contribution in [1.29, 1.82) is 0 Å². The molecule has 1 aromatic rings. The topological polar surface area (TPSA) is 61.4 Å². The standard InChI is InChI=1S/C21H31N3O2.ClH/c1-3-24(4-2)21(26)16-11-9-15(10-12-16)14-22-20(25)19-13-17-7-5-6-8-18(17)23-19;/h9-12,17-19,23H,3-8,13-14H2,1-2H3,(H,22,25);1H. The monoisotopic (exact) mass is 393 g/mol. The molecule has 0 spiro atoms. The summed E-state index contributed by atoms with van der Waals surface area (Å²) in [6, 6.07) is 8.05. The molecule has 3 unspecified atom stereocenters. The van der Waals surface area contributed by atoms with E-state index >= 15 is 0 Å². The van der Waals surface area contributed by atoms with Crippen molar-refractivity contribution in [3.63, 3.8) is 0 Å². The number of fused-ring (bicyclic) bond motifs is 1. The molecule has 2 N–H and O–H groups in total.